The largest absolute Gasteiger partial charge is 0.374 e. The van der Waals surface area contributed by atoms with Crippen LogP contribution in [0.15, 0.2) is 60.9 Å². The number of carbonyl (C=O) groups is 1. The van der Waals surface area contributed by atoms with E-state index in [1.807, 2.05) is 42.2 Å². The summed E-state index contributed by atoms with van der Waals surface area (Å²) in [5.41, 5.74) is 3.12. The van der Waals surface area contributed by atoms with Gasteiger partial charge in [0, 0.05) is 11.3 Å². The van der Waals surface area contributed by atoms with Crippen molar-refractivity contribution in [3.05, 3.63) is 66.5 Å². The van der Waals surface area contributed by atoms with Gasteiger partial charge >= 0.3 is 0 Å². The van der Waals surface area contributed by atoms with Gasteiger partial charge in [-0.1, -0.05) is 30.3 Å². The van der Waals surface area contributed by atoms with Gasteiger partial charge < -0.3 is 15.1 Å². The first kappa shape index (κ1) is 19.1. The number of rotatable bonds is 6. The smallest absolute Gasteiger partial charge is 0.245 e. The lowest BCUT2D eigenvalue weighted by molar-refractivity contribution is -0.917. The van der Waals surface area contributed by atoms with Crippen molar-refractivity contribution in [2.45, 2.75) is 19.5 Å². The number of nitrogens with zero attached hydrogens (tertiary/aromatic N) is 5. The number of tetrazole rings is 1. The highest BCUT2D eigenvalue weighted by Crippen LogP contribution is 2.14. The molecule has 1 aromatic heterocycles. The van der Waals surface area contributed by atoms with Gasteiger partial charge in [-0.3, -0.25) is 4.79 Å². The number of aromatic nitrogens is 4. The number of hydrogen-bond donors (Lipinski definition) is 2. The Bertz CT molecular complexity index is 904. The lowest BCUT2D eigenvalue weighted by Gasteiger charge is -2.34. The van der Waals surface area contributed by atoms with Gasteiger partial charge in [-0.15, -0.1) is 5.10 Å². The Labute approximate surface area is 170 Å². The van der Waals surface area contributed by atoms with Gasteiger partial charge in [0.05, 0.1) is 31.9 Å². The maximum absolute atomic E-state index is 12.8. The van der Waals surface area contributed by atoms with Crippen molar-refractivity contribution in [2.75, 3.05) is 31.5 Å². The van der Waals surface area contributed by atoms with E-state index in [4.69, 9.17) is 0 Å². The lowest BCUT2D eigenvalue weighted by atomic mass is 10.2. The summed E-state index contributed by atoms with van der Waals surface area (Å²) in [5.74, 6) is 0.147. The Morgan fingerprint density at radius 3 is 2.48 bits per heavy atom. The molecule has 0 aliphatic carbocycles. The molecule has 1 amide bonds. The summed E-state index contributed by atoms with van der Waals surface area (Å²) < 4.78 is 1.59. The molecule has 0 saturated carbocycles. The van der Waals surface area contributed by atoms with E-state index in [9.17, 15) is 4.79 Å². The molecule has 0 unspecified atom stereocenters. The molecular formula is C21H26N7O+. The predicted molar refractivity (Wildman–Crippen MR) is 110 cm³/mol. The molecule has 3 aromatic rings. The third kappa shape index (κ3) is 4.78. The third-order valence-electron chi connectivity index (χ3n) is 5.31. The summed E-state index contributed by atoms with van der Waals surface area (Å²) >= 11 is 0. The van der Waals surface area contributed by atoms with Crippen LogP contribution < -0.4 is 10.2 Å². The molecule has 1 fully saturated rings. The van der Waals surface area contributed by atoms with E-state index in [-0.39, 0.29) is 11.9 Å². The van der Waals surface area contributed by atoms with Gasteiger partial charge in [-0.25, -0.2) is 4.68 Å². The van der Waals surface area contributed by atoms with Crippen LogP contribution in [0.4, 0.5) is 5.69 Å². The fourth-order valence-corrected chi connectivity index (χ4v) is 3.68. The van der Waals surface area contributed by atoms with Crippen LogP contribution in [-0.2, 0) is 11.3 Å². The maximum atomic E-state index is 12.8. The van der Waals surface area contributed by atoms with Gasteiger partial charge in [0.1, 0.15) is 18.9 Å². The van der Waals surface area contributed by atoms with Crippen molar-refractivity contribution in [3.63, 3.8) is 0 Å². The van der Waals surface area contributed by atoms with Crippen LogP contribution in [-0.4, -0.2) is 63.2 Å². The van der Waals surface area contributed by atoms with Crippen molar-refractivity contribution < 1.29 is 9.69 Å². The van der Waals surface area contributed by atoms with E-state index in [1.165, 1.54) is 10.5 Å². The fourth-order valence-electron chi connectivity index (χ4n) is 3.68. The maximum Gasteiger partial charge on any atom is 0.245 e. The number of hydrogen-bond acceptors (Lipinski definition) is 5. The van der Waals surface area contributed by atoms with Crippen LogP contribution in [0.5, 0.6) is 0 Å². The highest BCUT2D eigenvalue weighted by molar-refractivity contribution is 5.84. The molecule has 0 spiro atoms. The number of amides is 1. The molecule has 1 atom stereocenters. The van der Waals surface area contributed by atoms with Gasteiger partial charge in [-0.2, -0.15) is 0 Å². The summed E-state index contributed by atoms with van der Waals surface area (Å²) in [6, 6.07) is 18.0. The third-order valence-corrected chi connectivity index (χ3v) is 5.31. The van der Waals surface area contributed by atoms with Crippen molar-refractivity contribution >= 4 is 11.6 Å². The van der Waals surface area contributed by atoms with Crippen LogP contribution in [0.3, 0.4) is 0 Å². The normalized spacial score (nSPS) is 15.8. The zero-order valence-electron chi connectivity index (χ0n) is 16.5. The van der Waals surface area contributed by atoms with Crippen LogP contribution in [0.2, 0.25) is 0 Å². The summed E-state index contributed by atoms with van der Waals surface area (Å²) in [7, 11) is 0. The number of quaternary nitrogens is 1. The Balaban J connectivity index is 1.27. The van der Waals surface area contributed by atoms with Crippen LogP contribution in [0.1, 0.15) is 12.5 Å². The lowest BCUT2D eigenvalue weighted by Crippen LogP contribution is -3.13. The number of carbonyl (C=O) groups excluding carboxylic acids is 1. The number of benzene rings is 2. The molecule has 29 heavy (non-hydrogen) atoms. The molecule has 8 heteroatoms. The second kappa shape index (κ2) is 8.83. The number of nitrogens with one attached hydrogen (secondary N) is 2. The number of anilines is 1. The first-order chi connectivity index (χ1) is 14.2. The first-order valence-electron chi connectivity index (χ1n) is 9.95. The van der Waals surface area contributed by atoms with Gasteiger partial charge in [0.2, 0.25) is 5.91 Å². The molecule has 1 aliphatic rings. The van der Waals surface area contributed by atoms with E-state index >= 15 is 0 Å². The van der Waals surface area contributed by atoms with Crippen LogP contribution >= 0.6 is 0 Å². The molecule has 4 rings (SSSR count). The topological polar surface area (TPSA) is 80.4 Å². The quantitative estimate of drug-likeness (QED) is 0.634. The monoisotopic (exact) mass is 392 g/mol. The van der Waals surface area contributed by atoms with Crippen molar-refractivity contribution in [3.8, 4) is 5.69 Å². The molecule has 8 nitrogen and oxygen atoms in total. The Morgan fingerprint density at radius 1 is 1.10 bits per heavy atom. The molecular weight excluding hydrogens is 366 g/mol. The zero-order valence-corrected chi connectivity index (χ0v) is 16.5. The second-order valence-electron chi connectivity index (χ2n) is 7.40. The number of piperazine rings is 1. The Morgan fingerprint density at radius 2 is 1.83 bits per heavy atom. The van der Waals surface area contributed by atoms with Gasteiger partial charge in [-0.05, 0) is 41.6 Å². The molecule has 2 heterocycles. The van der Waals surface area contributed by atoms with Crippen molar-refractivity contribution in [1.29, 1.82) is 0 Å². The SMILES string of the molecule is C[C@H](Nc1ccc(-n2cnnn2)cc1)C(=O)N1CC[NH+](Cc2ccccc2)CC1. The summed E-state index contributed by atoms with van der Waals surface area (Å²) in [6.07, 6.45) is 1.55. The van der Waals surface area contributed by atoms with Crippen molar-refractivity contribution in [1.82, 2.24) is 25.1 Å². The van der Waals surface area contributed by atoms with E-state index in [2.05, 4.69) is 45.1 Å². The molecule has 1 saturated heterocycles. The van der Waals surface area contributed by atoms with Crippen molar-refractivity contribution in [2.24, 2.45) is 0 Å². The van der Waals surface area contributed by atoms with Crippen LogP contribution in [0, 0.1) is 0 Å². The average molecular weight is 392 g/mol. The second-order valence-corrected chi connectivity index (χ2v) is 7.40. The summed E-state index contributed by atoms with van der Waals surface area (Å²) in [6.45, 7) is 6.49. The minimum atomic E-state index is -0.274. The van der Waals surface area contributed by atoms with E-state index < -0.39 is 0 Å². The van der Waals surface area contributed by atoms with E-state index in [1.54, 1.807) is 11.0 Å². The molecule has 2 aromatic carbocycles. The molecule has 0 radical (unpaired) electrons. The molecule has 2 N–H and O–H groups in total. The van der Waals surface area contributed by atoms with E-state index in [0.717, 1.165) is 44.1 Å². The average Bonchev–Trinajstić information content (AvgIpc) is 3.30. The van der Waals surface area contributed by atoms with Crippen LogP contribution in [0.25, 0.3) is 5.69 Å². The van der Waals surface area contributed by atoms with E-state index in [0.29, 0.717) is 0 Å². The minimum absolute atomic E-state index is 0.147. The molecule has 1 aliphatic heterocycles. The highest BCUT2D eigenvalue weighted by Gasteiger charge is 2.26. The predicted octanol–water partition coefficient (Wildman–Crippen LogP) is 0.390. The summed E-state index contributed by atoms with van der Waals surface area (Å²) in [4.78, 5) is 16.3. The van der Waals surface area contributed by atoms with Gasteiger partial charge in [0.25, 0.3) is 0 Å². The summed E-state index contributed by atoms with van der Waals surface area (Å²) in [5, 5.41) is 14.5. The molecule has 0 bridgehead atoms. The standard InChI is InChI=1S/C21H25N7O/c1-17(23-19-7-9-20(10-8-19)28-16-22-24-25-28)21(29)27-13-11-26(12-14-27)15-18-5-3-2-4-6-18/h2-10,16-17,23H,11-15H2,1H3/p+1/t17-/m0/s1. The minimum Gasteiger partial charge on any atom is -0.374 e. The first-order valence-corrected chi connectivity index (χ1v) is 9.95. The van der Waals surface area contributed by atoms with Gasteiger partial charge in [0.15, 0.2) is 0 Å². The zero-order chi connectivity index (χ0) is 20.1. The highest BCUT2D eigenvalue weighted by atomic mass is 16.2. The molecule has 150 valence electrons. The Kier molecular flexibility index (Phi) is 5.81. The Hall–Kier alpha value is -3.26. The fraction of sp³-hybridized carbons (Fsp3) is 0.333.